The lowest BCUT2D eigenvalue weighted by Gasteiger charge is -2.40. The summed E-state index contributed by atoms with van der Waals surface area (Å²) in [6, 6.07) is 26.2. The van der Waals surface area contributed by atoms with Crippen LogP contribution in [0.2, 0.25) is 0 Å². The normalized spacial score (nSPS) is 26.2. The molecule has 338 valence electrons. The maximum atomic E-state index is 13.0. The zero-order chi connectivity index (χ0) is 43.8. The van der Waals surface area contributed by atoms with E-state index in [1.54, 1.807) is 22.9 Å². The number of aliphatic hydroxyl groups excluding tert-OH is 1. The first-order valence-corrected chi connectivity index (χ1v) is 23.7. The van der Waals surface area contributed by atoms with E-state index in [1.807, 2.05) is 68.7 Å². The van der Waals surface area contributed by atoms with Gasteiger partial charge in [0.25, 0.3) is 5.56 Å². The Hall–Kier alpha value is -4.77. The third-order valence-electron chi connectivity index (χ3n) is 13.3. The van der Waals surface area contributed by atoms with Crippen LogP contribution in [-0.2, 0) is 19.8 Å². The van der Waals surface area contributed by atoms with Gasteiger partial charge in [-0.15, -0.1) is 0 Å². The zero-order valence-electron chi connectivity index (χ0n) is 36.8. The number of ether oxygens (including phenoxy) is 5. The second-order valence-electron chi connectivity index (χ2n) is 17.8. The molecular weight excluding hydrogens is 834 g/mol. The number of aromatic nitrogens is 4. The molecule has 0 amide bonds. The fraction of sp³-hybridized carbons (Fsp3) is 0.489. The van der Waals surface area contributed by atoms with Gasteiger partial charge in [-0.1, -0.05) is 54.6 Å². The Kier molecular flexibility index (Phi) is 12.3. The van der Waals surface area contributed by atoms with E-state index in [0.717, 1.165) is 42.0 Å². The average Bonchev–Trinajstić information content (AvgIpc) is 4.21. The van der Waals surface area contributed by atoms with Gasteiger partial charge in [-0.2, -0.15) is 4.98 Å². The molecule has 2 aromatic heterocycles. The number of rotatable bonds is 16. The van der Waals surface area contributed by atoms with Gasteiger partial charge in [0.1, 0.15) is 43.3 Å². The Bertz CT molecular complexity index is 2440. The number of benzene rings is 3. The molecule has 5 aliphatic rings. The highest BCUT2D eigenvalue weighted by molar-refractivity contribution is 7.50. The van der Waals surface area contributed by atoms with E-state index in [1.165, 1.54) is 58.2 Å². The highest BCUT2D eigenvalue weighted by Gasteiger charge is 2.63. The van der Waals surface area contributed by atoms with Crippen LogP contribution in [0.5, 0.6) is 11.5 Å². The third-order valence-corrected chi connectivity index (χ3v) is 15.9. The predicted molar refractivity (Wildman–Crippen MR) is 244 cm³/mol. The van der Waals surface area contributed by atoms with Crippen LogP contribution in [0, 0.1) is 5.92 Å². The lowest BCUT2D eigenvalue weighted by atomic mass is 9.79. The Morgan fingerprint density at radius 3 is 2.23 bits per heavy atom. The van der Waals surface area contributed by atoms with Crippen LogP contribution >= 0.6 is 8.37 Å². The number of methoxy groups -OCH3 is 1. The van der Waals surface area contributed by atoms with Crippen molar-refractivity contribution in [1.29, 1.82) is 0 Å². The van der Waals surface area contributed by atoms with Gasteiger partial charge >= 0.3 is 0 Å². The van der Waals surface area contributed by atoms with Crippen molar-refractivity contribution >= 4 is 31.8 Å². The standard InChI is InChI=1S/C47H58N9O7P/c1-52(2)31-49-45-50-42-39(43(58)51-45)48-32-56(42)44-40-41(57)46(63-44,29-61-40)30-62-47(34-11-5-4-6-12-34,35-13-17-37(59-3)18-14-35)36-15-19-38(20-16-36)60-28-33-21-26-55(27-33)64(53-22-7-8-23-53)54-24-9-10-25-54/h4-6,11-20,31-33,40-41,44,57H,7-10,21-30H2,1-3H3,(H,50,51,58)/t33?,40-,41+,44-,46?,47?/m1/s1. The smallest absolute Gasteiger partial charge is 0.280 e. The van der Waals surface area contributed by atoms with Gasteiger partial charge in [0.05, 0.1) is 39.6 Å². The minimum absolute atomic E-state index is 0.0467. The number of hydrogen-bond donors (Lipinski definition) is 2. The van der Waals surface area contributed by atoms with Crippen molar-refractivity contribution < 1.29 is 28.8 Å². The van der Waals surface area contributed by atoms with Crippen molar-refractivity contribution in [3.8, 4) is 11.5 Å². The SMILES string of the molecule is COc1ccc(C(OCC23CO[C@@H]([C@H](n4cnc5c(=O)[nH]c(N=CN(C)C)nc54)O2)[C@@H]3O)(c2ccccc2)c2ccc(OCC3CCN(P(N4CCCC4)N4CCCC4)C3)cc2)cc1. The second kappa shape index (κ2) is 18.2. The topological polar surface area (TPSA) is 155 Å². The lowest BCUT2D eigenvalue weighted by Crippen LogP contribution is -2.48. The summed E-state index contributed by atoms with van der Waals surface area (Å²) in [6.45, 7) is 7.78. The van der Waals surface area contributed by atoms with E-state index < -0.39 is 43.6 Å². The van der Waals surface area contributed by atoms with Gasteiger partial charge in [-0.25, -0.2) is 9.98 Å². The number of aliphatic imine (C=N–C) groups is 1. The van der Waals surface area contributed by atoms with E-state index in [2.05, 4.69) is 58.2 Å². The van der Waals surface area contributed by atoms with Crippen molar-refractivity contribution in [2.45, 2.75) is 61.7 Å². The number of aromatic amines is 1. The molecule has 3 unspecified atom stereocenters. The van der Waals surface area contributed by atoms with Crippen molar-refractivity contribution in [3.63, 3.8) is 0 Å². The second-order valence-corrected chi connectivity index (χ2v) is 20.0. The quantitative estimate of drug-likeness (QED) is 0.0555. The molecule has 0 radical (unpaired) electrons. The Balaban J connectivity index is 0.917. The van der Waals surface area contributed by atoms with E-state index in [9.17, 15) is 9.90 Å². The summed E-state index contributed by atoms with van der Waals surface area (Å²) in [7, 11) is 4.90. The van der Waals surface area contributed by atoms with E-state index in [0.29, 0.717) is 18.3 Å². The number of nitrogens with one attached hydrogen (secondary N) is 1. The molecule has 3 aromatic carbocycles. The summed E-state index contributed by atoms with van der Waals surface area (Å²) >= 11 is 0. The number of H-pyrrole nitrogens is 1. The highest BCUT2D eigenvalue weighted by Crippen LogP contribution is 2.53. The summed E-state index contributed by atoms with van der Waals surface area (Å²) < 4.78 is 42.4. The fourth-order valence-corrected chi connectivity index (χ4v) is 13.0. The third kappa shape index (κ3) is 8.13. The number of imidazole rings is 1. The van der Waals surface area contributed by atoms with Crippen LogP contribution in [0.1, 0.15) is 55.0 Å². The minimum Gasteiger partial charge on any atom is -0.497 e. The number of nitrogens with zero attached hydrogens (tertiary/aromatic N) is 8. The maximum absolute atomic E-state index is 13.0. The summed E-state index contributed by atoms with van der Waals surface area (Å²) in [5, 5.41) is 12.0. The number of hydrogen-bond acceptors (Lipinski definition) is 13. The van der Waals surface area contributed by atoms with Crippen molar-refractivity contribution in [3.05, 3.63) is 112 Å². The summed E-state index contributed by atoms with van der Waals surface area (Å²) in [6.07, 6.45) is 6.72. The molecule has 5 aromatic rings. The number of fused-ring (bicyclic) bond motifs is 3. The van der Waals surface area contributed by atoms with Crippen molar-refractivity contribution in [2.75, 3.05) is 80.3 Å². The van der Waals surface area contributed by atoms with Crippen LogP contribution in [0.25, 0.3) is 11.2 Å². The molecule has 2 N–H and O–H groups in total. The molecule has 5 fully saturated rings. The molecule has 0 spiro atoms. The average molecular weight is 892 g/mol. The van der Waals surface area contributed by atoms with Gasteiger partial charge in [-0.3, -0.25) is 28.4 Å². The maximum Gasteiger partial charge on any atom is 0.280 e. The molecule has 6 atom stereocenters. The van der Waals surface area contributed by atoms with Gasteiger partial charge in [0.2, 0.25) is 5.95 Å². The highest BCUT2D eigenvalue weighted by atomic mass is 31.2. The van der Waals surface area contributed by atoms with E-state index >= 15 is 0 Å². The molecule has 17 heteroatoms. The molecule has 7 heterocycles. The van der Waals surface area contributed by atoms with Gasteiger partial charge in [0, 0.05) is 59.3 Å². The van der Waals surface area contributed by atoms with E-state index in [4.69, 9.17) is 23.7 Å². The first kappa shape index (κ1) is 43.1. The molecular formula is C47H58N9O7P. The lowest BCUT2D eigenvalue weighted by molar-refractivity contribution is -0.202. The molecule has 10 rings (SSSR count). The van der Waals surface area contributed by atoms with Gasteiger partial charge in [0.15, 0.2) is 17.4 Å². The van der Waals surface area contributed by atoms with Gasteiger partial charge < -0.3 is 33.7 Å². The van der Waals surface area contributed by atoms with E-state index in [-0.39, 0.29) is 30.3 Å². The molecule has 64 heavy (non-hydrogen) atoms. The Morgan fingerprint density at radius 2 is 1.58 bits per heavy atom. The van der Waals surface area contributed by atoms with Crippen molar-refractivity contribution in [2.24, 2.45) is 10.9 Å². The fourth-order valence-electron chi connectivity index (χ4n) is 9.96. The van der Waals surface area contributed by atoms with Crippen LogP contribution in [0.4, 0.5) is 5.95 Å². The van der Waals surface area contributed by atoms with Crippen LogP contribution < -0.4 is 15.0 Å². The first-order valence-electron chi connectivity index (χ1n) is 22.5. The Labute approximate surface area is 374 Å². The van der Waals surface area contributed by atoms with Crippen LogP contribution in [-0.4, -0.2) is 148 Å². The molecule has 0 saturated carbocycles. The zero-order valence-corrected chi connectivity index (χ0v) is 37.7. The molecule has 0 aliphatic carbocycles. The van der Waals surface area contributed by atoms with Crippen molar-refractivity contribution in [1.82, 2.24) is 38.4 Å². The largest absolute Gasteiger partial charge is 0.497 e. The molecule has 16 nitrogen and oxygen atoms in total. The predicted octanol–water partition coefficient (Wildman–Crippen LogP) is 5.50. The molecule has 5 aliphatic heterocycles. The van der Waals surface area contributed by atoms with Crippen LogP contribution in [0.3, 0.4) is 0 Å². The molecule has 5 saturated heterocycles. The van der Waals surface area contributed by atoms with Gasteiger partial charge in [-0.05, 0) is 73.1 Å². The Morgan fingerprint density at radius 1 is 0.922 bits per heavy atom. The summed E-state index contributed by atoms with van der Waals surface area (Å²) in [5.41, 5.74) is 0.132. The minimum atomic E-state index is -1.27. The van der Waals surface area contributed by atoms with Crippen LogP contribution in [0.15, 0.2) is 95.0 Å². The monoisotopic (exact) mass is 891 g/mol. The molecule has 2 bridgehead atoms. The summed E-state index contributed by atoms with van der Waals surface area (Å²) in [4.78, 5) is 30.7. The summed E-state index contributed by atoms with van der Waals surface area (Å²) in [5.74, 6) is 2.10. The number of aliphatic hydroxyl groups is 1. The first-order chi connectivity index (χ1) is 31.2.